The number of hydrogen-bond donors (Lipinski definition) is 1. The highest BCUT2D eigenvalue weighted by Crippen LogP contribution is 2.32. The lowest BCUT2D eigenvalue weighted by atomic mass is 10.1. The Morgan fingerprint density at radius 3 is 2.63 bits per heavy atom. The smallest absolute Gasteiger partial charge is 0.322 e. The summed E-state index contributed by atoms with van der Waals surface area (Å²) in [4.78, 5) is 0. The number of benzene rings is 1. The van der Waals surface area contributed by atoms with E-state index in [0.29, 0.717) is 10.6 Å². The van der Waals surface area contributed by atoms with E-state index >= 15 is 0 Å². The van der Waals surface area contributed by atoms with Crippen LogP contribution in [0.15, 0.2) is 30.5 Å². The van der Waals surface area contributed by atoms with Crippen molar-refractivity contribution in [3.63, 3.8) is 0 Å². The fourth-order valence-electron chi connectivity index (χ4n) is 1.54. The van der Waals surface area contributed by atoms with Crippen LogP contribution in [0.5, 0.6) is 5.75 Å². The molecule has 1 heterocycles. The first-order valence-electron chi connectivity index (χ1n) is 5.30. The van der Waals surface area contributed by atoms with Crippen molar-refractivity contribution in [1.82, 2.24) is 13.5 Å². The van der Waals surface area contributed by atoms with Crippen molar-refractivity contribution in [1.29, 1.82) is 0 Å². The van der Waals surface area contributed by atoms with Crippen LogP contribution in [0.2, 0.25) is 5.02 Å². The first-order valence-corrected chi connectivity index (χ1v) is 7.07. The van der Waals surface area contributed by atoms with Crippen LogP contribution in [-0.4, -0.2) is 41.1 Å². The van der Waals surface area contributed by atoms with E-state index in [4.69, 9.17) is 11.6 Å². The molecule has 102 valence electrons. The molecule has 0 aliphatic rings. The fourth-order valence-corrected chi connectivity index (χ4v) is 2.60. The molecule has 0 radical (unpaired) electrons. The molecule has 0 spiro atoms. The van der Waals surface area contributed by atoms with E-state index in [2.05, 4.69) is 5.10 Å². The van der Waals surface area contributed by atoms with E-state index in [1.54, 1.807) is 0 Å². The first-order chi connectivity index (χ1) is 8.84. The topological polar surface area (TPSA) is 75.4 Å². The molecular weight excluding hydrogens is 290 g/mol. The minimum Gasteiger partial charge on any atom is -0.507 e. The molecule has 0 atom stereocenters. The average molecular weight is 302 g/mol. The number of phenols is 1. The summed E-state index contributed by atoms with van der Waals surface area (Å²) in [5.41, 5.74) is 0.545. The molecule has 2 aromatic rings. The number of nitrogens with zero attached hydrogens (tertiary/aromatic N) is 3. The van der Waals surface area contributed by atoms with Gasteiger partial charge in [-0.15, -0.1) is 4.09 Å². The third-order valence-electron chi connectivity index (χ3n) is 2.52. The number of rotatable bonds is 3. The predicted octanol–water partition coefficient (Wildman–Crippen LogP) is 1.56. The average Bonchev–Trinajstić information content (AvgIpc) is 2.81. The number of halogens is 1. The maximum Gasteiger partial charge on any atom is 0.322 e. The normalized spacial score (nSPS) is 12.0. The van der Waals surface area contributed by atoms with Crippen LogP contribution in [0.3, 0.4) is 0 Å². The molecule has 2 rings (SSSR count). The molecule has 0 aliphatic carbocycles. The number of aromatic nitrogens is 2. The second-order valence-electron chi connectivity index (χ2n) is 4.01. The van der Waals surface area contributed by atoms with Crippen LogP contribution in [0.1, 0.15) is 0 Å². The van der Waals surface area contributed by atoms with Gasteiger partial charge in [-0.05, 0) is 24.3 Å². The largest absolute Gasteiger partial charge is 0.507 e. The van der Waals surface area contributed by atoms with E-state index in [9.17, 15) is 13.5 Å². The molecule has 0 unspecified atom stereocenters. The fraction of sp³-hybridized carbons (Fsp3) is 0.182. The highest BCUT2D eigenvalue weighted by molar-refractivity contribution is 7.87. The zero-order valence-corrected chi connectivity index (χ0v) is 11.9. The summed E-state index contributed by atoms with van der Waals surface area (Å²) in [7, 11) is -0.954. The highest BCUT2D eigenvalue weighted by atomic mass is 35.5. The molecule has 0 saturated carbocycles. The van der Waals surface area contributed by atoms with Crippen molar-refractivity contribution in [3.8, 4) is 17.0 Å². The van der Waals surface area contributed by atoms with E-state index in [0.717, 1.165) is 8.39 Å². The van der Waals surface area contributed by atoms with Gasteiger partial charge in [0, 0.05) is 24.7 Å². The van der Waals surface area contributed by atoms with Gasteiger partial charge in [-0.1, -0.05) is 11.6 Å². The molecule has 6 nitrogen and oxygen atoms in total. The molecule has 19 heavy (non-hydrogen) atoms. The Labute approximate surface area is 116 Å². The second kappa shape index (κ2) is 4.84. The van der Waals surface area contributed by atoms with E-state index < -0.39 is 10.2 Å². The molecule has 0 amide bonds. The maximum absolute atomic E-state index is 12.1. The van der Waals surface area contributed by atoms with Crippen molar-refractivity contribution >= 4 is 21.8 Å². The molecule has 0 aliphatic heterocycles. The molecule has 1 aromatic heterocycles. The van der Waals surface area contributed by atoms with Crippen LogP contribution < -0.4 is 0 Å². The van der Waals surface area contributed by atoms with Gasteiger partial charge in [0.05, 0.1) is 11.9 Å². The Morgan fingerprint density at radius 2 is 2.00 bits per heavy atom. The molecule has 1 aromatic carbocycles. The SMILES string of the molecule is CN(C)S(=O)(=O)n1nccc1-c1cc(Cl)ccc1O. The summed E-state index contributed by atoms with van der Waals surface area (Å²) in [5.74, 6) is -0.0693. The second-order valence-corrected chi connectivity index (χ2v) is 6.42. The lowest BCUT2D eigenvalue weighted by molar-refractivity contribution is 0.476. The number of phenolic OH excluding ortho intramolecular Hbond substituents is 1. The third-order valence-corrected chi connectivity index (χ3v) is 4.41. The van der Waals surface area contributed by atoms with Gasteiger partial charge in [-0.2, -0.15) is 17.8 Å². The summed E-state index contributed by atoms with van der Waals surface area (Å²) in [6, 6.07) is 5.89. The molecule has 0 bridgehead atoms. The summed E-state index contributed by atoms with van der Waals surface area (Å²) < 4.78 is 26.1. The van der Waals surface area contributed by atoms with Gasteiger partial charge in [0.2, 0.25) is 0 Å². The Morgan fingerprint density at radius 1 is 1.32 bits per heavy atom. The van der Waals surface area contributed by atoms with Gasteiger partial charge in [-0.25, -0.2) is 0 Å². The summed E-state index contributed by atoms with van der Waals surface area (Å²) in [6.45, 7) is 0. The number of aromatic hydroxyl groups is 1. The van der Waals surface area contributed by atoms with Crippen molar-refractivity contribution in [3.05, 3.63) is 35.5 Å². The molecule has 0 saturated heterocycles. The van der Waals surface area contributed by atoms with Gasteiger partial charge in [0.25, 0.3) is 0 Å². The van der Waals surface area contributed by atoms with E-state index in [1.807, 2.05) is 0 Å². The van der Waals surface area contributed by atoms with Crippen LogP contribution in [0, 0.1) is 0 Å². The number of hydrogen-bond acceptors (Lipinski definition) is 4. The van der Waals surface area contributed by atoms with Crippen molar-refractivity contribution in [2.75, 3.05) is 14.1 Å². The van der Waals surface area contributed by atoms with Crippen LogP contribution in [-0.2, 0) is 10.2 Å². The monoisotopic (exact) mass is 301 g/mol. The van der Waals surface area contributed by atoms with Crippen molar-refractivity contribution < 1.29 is 13.5 Å². The molecule has 8 heteroatoms. The van der Waals surface area contributed by atoms with E-state index in [1.165, 1.54) is 44.6 Å². The maximum atomic E-state index is 12.1. The first kappa shape index (κ1) is 13.9. The van der Waals surface area contributed by atoms with E-state index in [-0.39, 0.29) is 11.4 Å². The van der Waals surface area contributed by atoms with Crippen LogP contribution >= 0.6 is 11.6 Å². The minimum absolute atomic E-state index is 0.0693. The minimum atomic E-state index is -3.76. The summed E-state index contributed by atoms with van der Waals surface area (Å²) in [5, 5.41) is 14.0. The Kier molecular flexibility index (Phi) is 3.53. The standard InChI is InChI=1S/C11H12ClN3O3S/c1-14(2)19(17,18)15-10(5-6-13-15)9-7-8(12)3-4-11(9)16/h3-7,16H,1-2H3. The predicted molar refractivity (Wildman–Crippen MR) is 72.3 cm³/mol. The Hall–Kier alpha value is -1.57. The van der Waals surface area contributed by atoms with Crippen LogP contribution in [0.25, 0.3) is 11.3 Å². The molecule has 0 fully saturated rings. The molecule has 1 N–H and O–H groups in total. The van der Waals surface area contributed by atoms with Crippen molar-refractivity contribution in [2.24, 2.45) is 0 Å². The lowest BCUT2D eigenvalue weighted by Gasteiger charge is -2.14. The zero-order chi connectivity index (χ0) is 14.2. The third kappa shape index (κ3) is 2.44. The van der Waals surface area contributed by atoms with Crippen LogP contribution in [0.4, 0.5) is 0 Å². The van der Waals surface area contributed by atoms with Crippen molar-refractivity contribution in [2.45, 2.75) is 0 Å². The van der Waals surface area contributed by atoms with Gasteiger partial charge in [0.1, 0.15) is 5.75 Å². The summed E-state index contributed by atoms with van der Waals surface area (Å²) >= 11 is 5.86. The lowest BCUT2D eigenvalue weighted by Crippen LogP contribution is -2.30. The van der Waals surface area contributed by atoms with Gasteiger partial charge in [-0.3, -0.25) is 0 Å². The summed E-state index contributed by atoms with van der Waals surface area (Å²) in [6.07, 6.45) is 1.34. The van der Waals surface area contributed by atoms with Gasteiger partial charge >= 0.3 is 10.2 Å². The Balaban J connectivity index is 2.67. The molecular formula is C11H12ClN3O3S. The Bertz CT molecular complexity index is 710. The van der Waals surface area contributed by atoms with Gasteiger partial charge < -0.3 is 5.11 Å². The zero-order valence-electron chi connectivity index (χ0n) is 10.3. The highest BCUT2D eigenvalue weighted by Gasteiger charge is 2.22. The quantitative estimate of drug-likeness (QED) is 0.933. The van der Waals surface area contributed by atoms with Gasteiger partial charge in [0.15, 0.2) is 0 Å².